The average Bonchev–Trinajstić information content (AvgIpc) is 2.74. The third kappa shape index (κ3) is 1.51. The van der Waals surface area contributed by atoms with E-state index in [-0.39, 0.29) is 23.0 Å². The van der Waals surface area contributed by atoms with Gasteiger partial charge in [-0.3, -0.25) is 9.78 Å². The Hall–Kier alpha value is -2.76. The van der Waals surface area contributed by atoms with Gasteiger partial charge < -0.3 is 15.3 Å². The number of rotatable bonds is 1. The van der Waals surface area contributed by atoms with E-state index in [0.717, 1.165) is 5.56 Å². The van der Waals surface area contributed by atoms with Crippen LogP contribution < -0.4 is 11.3 Å². The highest BCUT2D eigenvalue weighted by molar-refractivity contribution is 5.91. The van der Waals surface area contributed by atoms with Crippen molar-refractivity contribution in [2.75, 3.05) is 5.73 Å². The molecular formula is C12H9N3O3. The highest BCUT2D eigenvalue weighted by atomic mass is 16.3. The van der Waals surface area contributed by atoms with Crippen LogP contribution in [0.25, 0.3) is 22.2 Å². The minimum Gasteiger partial charge on any atom is -0.508 e. The van der Waals surface area contributed by atoms with Gasteiger partial charge in [-0.25, -0.2) is 0 Å². The van der Waals surface area contributed by atoms with Crippen LogP contribution in [0.5, 0.6) is 5.75 Å². The molecule has 0 radical (unpaired) electrons. The van der Waals surface area contributed by atoms with Crippen LogP contribution in [0.1, 0.15) is 0 Å². The predicted molar refractivity (Wildman–Crippen MR) is 66.1 cm³/mol. The van der Waals surface area contributed by atoms with Crippen LogP contribution >= 0.6 is 0 Å². The van der Waals surface area contributed by atoms with Gasteiger partial charge >= 0.3 is 0 Å². The summed E-state index contributed by atoms with van der Waals surface area (Å²) in [5.74, 6) is 0.168. The molecular weight excluding hydrogens is 234 g/mol. The maximum Gasteiger partial charge on any atom is 0.264 e. The number of nitrogens with two attached hydrogens (primary N) is 1. The van der Waals surface area contributed by atoms with Crippen LogP contribution in [-0.2, 0) is 0 Å². The van der Waals surface area contributed by atoms with Crippen LogP contribution in [0.3, 0.4) is 0 Å². The van der Waals surface area contributed by atoms with Gasteiger partial charge in [0.2, 0.25) is 11.7 Å². The highest BCUT2D eigenvalue weighted by Crippen LogP contribution is 2.28. The van der Waals surface area contributed by atoms with E-state index in [0.29, 0.717) is 10.9 Å². The molecule has 0 saturated carbocycles. The van der Waals surface area contributed by atoms with Gasteiger partial charge in [-0.05, 0) is 17.7 Å². The summed E-state index contributed by atoms with van der Waals surface area (Å²) in [6.07, 6.45) is 1.44. The summed E-state index contributed by atoms with van der Waals surface area (Å²) in [7, 11) is 0. The Balaban J connectivity index is 2.30. The molecule has 0 bridgehead atoms. The summed E-state index contributed by atoms with van der Waals surface area (Å²) in [6.45, 7) is 0. The Kier molecular flexibility index (Phi) is 2.09. The zero-order chi connectivity index (χ0) is 12.7. The molecule has 0 atom stereocenters. The highest BCUT2D eigenvalue weighted by Gasteiger charge is 2.13. The van der Waals surface area contributed by atoms with Crippen molar-refractivity contribution in [3.63, 3.8) is 0 Å². The van der Waals surface area contributed by atoms with Crippen LogP contribution in [0.15, 0.2) is 39.7 Å². The molecule has 0 unspecified atom stereocenters. The number of phenols is 1. The lowest BCUT2D eigenvalue weighted by Crippen LogP contribution is -2.10. The Morgan fingerprint density at radius 1 is 1.28 bits per heavy atom. The van der Waals surface area contributed by atoms with E-state index < -0.39 is 0 Å². The van der Waals surface area contributed by atoms with E-state index in [1.807, 2.05) is 0 Å². The van der Waals surface area contributed by atoms with Crippen LogP contribution in [0.2, 0.25) is 0 Å². The second-order valence-corrected chi connectivity index (χ2v) is 3.83. The third-order valence-corrected chi connectivity index (χ3v) is 2.64. The second kappa shape index (κ2) is 3.63. The lowest BCUT2D eigenvalue weighted by molar-refractivity contribution is 0.475. The first-order valence-corrected chi connectivity index (χ1v) is 5.21. The van der Waals surface area contributed by atoms with Gasteiger partial charge in [0.1, 0.15) is 17.4 Å². The lowest BCUT2D eigenvalue weighted by atomic mass is 10.1. The van der Waals surface area contributed by atoms with Gasteiger partial charge in [-0.15, -0.1) is 0 Å². The molecule has 18 heavy (non-hydrogen) atoms. The number of nitrogens with one attached hydrogen (secondary N) is 1. The number of nitrogen functional groups attached to an aromatic ring is 1. The number of hydrogen-bond donors (Lipinski definition) is 3. The molecule has 0 aliphatic heterocycles. The minimum absolute atomic E-state index is 0.0131. The summed E-state index contributed by atoms with van der Waals surface area (Å²) in [5, 5.41) is 9.58. The molecule has 0 aliphatic carbocycles. The minimum atomic E-state index is -0.352. The topological polar surface area (TPSA) is 105 Å². The summed E-state index contributed by atoms with van der Waals surface area (Å²) >= 11 is 0. The molecule has 4 N–H and O–H groups in total. The Bertz CT molecular complexity index is 771. The van der Waals surface area contributed by atoms with Crippen LogP contribution in [0.4, 0.5) is 5.95 Å². The fourth-order valence-electron chi connectivity index (χ4n) is 1.82. The largest absolute Gasteiger partial charge is 0.508 e. The molecule has 2 aromatic heterocycles. The van der Waals surface area contributed by atoms with E-state index in [1.165, 1.54) is 18.4 Å². The number of furan rings is 1. The predicted octanol–water partition coefficient (Wildman–Crippen LogP) is 1.47. The molecule has 90 valence electrons. The average molecular weight is 243 g/mol. The van der Waals surface area contributed by atoms with Crippen molar-refractivity contribution >= 4 is 17.0 Å². The second-order valence-electron chi connectivity index (χ2n) is 3.83. The van der Waals surface area contributed by atoms with Gasteiger partial charge in [0.05, 0.1) is 0 Å². The molecule has 0 fully saturated rings. The summed E-state index contributed by atoms with van der Waals surface area (Å²) in [4.78, 5) is 18.2. The first kappa shape index (κ1) is 10.4. The van der Waals surface area contributed by atoms with Gasteiger partial charge in [0, 0.05) is 5.56 Å². The van der Waals surface area contributed by atoms with Crippen LogP contribution in [0, 0.1) is 0 Å². The fraction of sp³-hybridized carbons (Fsp3) is 0. The fourth-order valence-corrected chi connectivity index (χ4v) is 1.82. The third-order valence-electron chi connectivity index (χ3n) is 2.64. The van der Waals surface area contributed by atoms with Crippen molar-refractivity contribution in [1.82, 2.24) is 9.97 Å². The molecule has 6 heteroatoms. The molecule has 0 aliphatic rings. The normalized spacial score (nSPS) is 10.9. The Labute approximate surface area is 101 Å². The van der Waals surface area contributed by atoms with Gasteiger partial charge in [0.15, 0.2) is 0 Å². The molecule has 3 aromatic rings. The van der Waals surface area contributed by atoms with E-state index >= 15 is 0 Å². The standard InChI is InChI=1S/C12H9N3O3/c13-12-14-10(17)9-8(5-18-11(9)15-12)6-1-3-7(16)4-2-6/h1-5,16H,(H3,13,14,15,17). The van der Waals surface area contributed by atoms with Gasteiger partial charge in [-0.1, -0.05) is 12.1 Å². The number of anilines is 1. The molecule has 0 spiro atoms. The van der Waals surface area contributed by atoms with Crippen molar-refractivity contribution < 1.29 is 9.52 Å². The van der Waals surface area contributed by atoms with E-state index in [9.17, 15) is 9.90 Å². The molecule has 0 saturated heterocycles. The maximum atomic E-state index is 11.8. The maximum absolute atomic E-state index is 11.8. The number of nitrogens with zero attached hydrogens (tertiary/aromatic N) is 1. The first-order chi connectivity index (χ1) is 8.65. The smallest absolute Gasteiger partial charge is 0.264 e. The molecule has 0 amide bonds. The summed E-state index contributed by atoms with van der Waals surface area (Å²) in [6, 6.07) is 6.45. The van der Waals surface area contributed by atoms with E-state index in [1.54, 1.807) is 12.1 Å². The molecule has 1 aromatic carbocycles. The Morgan fingerprint density at radius 2 is 2.00 bits per heavy atom. The van der Waals surface area contributed by atoms with Crippen molar-refractivity contribution in [2.24, 2.45) is 0 Å². The lowest BCUT2D eigenvalue weighted by Gasteiger charge is -1.98. The molecule has 6 nitrogen and oxygen atoms in total. The number of benzene rings is 1. The summed E-state index contributed by atoms with van der Waals surface area (Å²) < 4.78 is 5.22. The number of phenolic OH excluding ortho intramolecular Hbond substituents is 1. The number of hydrogen-bond acceptors (Lipinski definition) is 5. The zero-order valence-electron chi connectivity index (χ0n) is 9.18. The zero-order valence-corrected chi connectivity index (χ0v) is 9.18. The van der Waals surface area contributed by atoms with Crippen molar-refractivity contribution in [3.8, 4) is 16.9 Å². The van der Waals surface area contributed by atoms with Crippen molar-refractivity contribution in [1.29, 1.82) is 0 Å². The first-order valence-electron chi connectivity index (χ1n) is 5.21. The number of aromatic nitrogens is 2. The SMILES string of the molecule is Nc1nc2occ(-c3ccc(O)cc3)c2c(=O)[nH]1. The number of aromatic amines is 1. The number of fused-ring (bicyclic) bond motifs is 1. The van der Waals surface area contributed by atoms with Gasteiger partial charge in [-0.2, -0.15) is 4.98 Å². The summed E-state index contributed by atoms with van der Waals surface area (Å²) in [5.41, 5.74) is 6.64. The van der Waals surface area contributed by atoms with E-state index in [2.05, 4.69) is 9.97 Å². The number of H-pyrrole nitrogens is 1. The van der Waals surface area contributed by atoms with Crippen molar-refractivity contribution in [3.05, 3.63) is 40.9 Å². The Morgan fingerprint density at radius 3 is 2.72 bits per heavy atom. The van der Waals surface area contributed by atoms with Crippen molar-refractivity contribution in [2.45, 2.75) is 0 Å². The molecule has 3 rings (SSSR count). The monoisotopic (exact) mass is 243 g/mol. The van der Waals surface area contributed by atoms with Gasteiger partial charge in [0.25, 0.3) is 5.56 Å². The van der Waals surface area contributed by atoms with Crippen LogP contribution in [-0.4, -0.2) is 15.1 Å². The quantitative estimate of drug-likeness (QED) is 0.600. The number of aromatic hydroxyl groups is 1. The van der Waals surface area contributed by atoms with E-state index in [4.69, 9.17) is 10.2 Å². The molecule has 2 heterocycles.